The lowest BCUT2D eigenvalue weighted by Gasteiger charge is -2.03. The largest absolute Gasteiger partial charge is 0.391 e. The van der Waals surface area contributed by atoms with Crippen molar-refractivity contribution in [1.82, 2.24) is 14.8 Å². The van der Waals surface area contributed by atoms with Gasteiger partial charge in [0.2, 0.25) is 5.16 Å². The summed E-state index contributed by atoms with van der Waals surface area (Å²) in [6.07, 6.45) is 1.83. The summed E-state index contributed by atoms with van der Waals surface area (Å²) in [5.41, 5.74) is 1.01. The number of aliphatic hydroxyl groups is 1. The standard InChI is InChI=1S/C15H16N4OS/c16-9-8-13(20)10-21-15-17-14(11-6-7-11)19(18-15)12-4-2-1-3-5-12/h1-5,11,13,20H,6-8,10H2/t13-/m1/s1. The Balaban J connectivity index is 1.79. The molecule has 0 unspecified atom stereocenters. The van der Waals surface area contributed by atoms with Crippen molar-refractivity contribution in [2.45, 2.75) is 36.4 Å². The van der Waals surface area contributed by atoms with Crippen LogP contribution in [0.2, 0.25) is 0 Å². The average Bonchev–Trinajstić information content (AvgIpc) is 3.26. The van der Waals surface area contributed by atoms with Gasteiger partial charge in [0.25, 0.3) is 0 Å². The van der Waals surface area contributed by atoms with Gasteiger partial charge < -0.3 is 5.11 Å². The number of aromatic nitrogens is 3. The molecule has 2 aromatic rings. The van der Waals surface area contributed by atoms with E-state index in [1.54, 1.807) is 0 Å². The van der Waals surface area contributed by atoms with Gasteiger partial charge in [-0.25, -0.2) is 9.67 Å². The fourth-order valence-electron chi connectivity index (χ4n) is 2.07. The van der Waals surface area contributed by atoms with Gasteiger partial charge in [-0.3, -0.25) is 0 Å². The second-order valence-electron chi connectivity index (χ2n) is 5.10. The predicted molar refractivity (Wildman–Crippen MR) is 80.3 cm³/mol. The van der Waals surface area contributed by atoms with Crippen LogP contribution in [0, 0.1) is 11.3 Å². The molecule has 3 rings (SSSR count). The van der Waals surface area contributed by atoms with E-state index in [1.807, 2.05) is 41.1 Å². The van der Waals surface area contributed by atoms with Crippen molar-refractivity contribution < 1.29 is 5.11 Å². The van der Waals surface area contributed by atoms with Gasteiger partial charge in [0.1, 0.15) is 5.82 Å². The van der Waals surface area contributed by atoms with E-state index in [-0.39, 0.29) is 6.42 Å². The monoisotopic (exact) mass is 300 g/mol. The van der Waals surface area contributed by atoms with E-state index in [4.69, 9.17) is 5.26 Å². The van der Waals surface area contributed by atoms with Gasteiger partial charge in [0.05, 0.1) is 24.3 Å². The molecular weight excluding hydrogens is 284 g/mol. The van der Waals surface area contributed by atoms with Gasteiger partial charge >= 0.3 is 0 Å². The minimum Gasteiger partial charge on any atom is -0.391 e. The molecule has 1 atom stereocenters. The topological polar surface area (TPSA) is 74.7 Å². The van der Waals surface area contributed by atoms with Crippen molar-refractivity contribution in [1.29, 1.82) is 5.26 Å². The summed E-state index contributed by atoms with van der Waals surface area (Å²) in [4.78, 5) is 4.60. The number of thioether (sulfide) groups is 1. The van der Waals surface area contributed by atoms with Crippen LogP contribution in [0.1, 0.15) is 31.0 Å². The van der Waals surface area contributed by atoms with Crippen molar-refractivity contribution in [3.05, 3.63) is 36.2 Å². The lowest BCUT2D eigenvalue weighted by Crippen LogP contribution is -2.08. The predicted octanol–water partition coefficient (Wildman–Crippen LogP) is 2.51. The Morgan fingerprint density at radius 1 is 1.38 bits per heavy atom. The van der Waals surface area contributed by atoms with Crippen LogP contribution in [-0.4, -0.2) is 31.7 Å². The highest BCUT2D eigenvalue weighted by Gasteiger charge is 2.30. The molecular formula is C15H16N4OS. The molecule has 21 heavy (non-hydrogen) atoms. The van der Waals surface area contributed by atoms with Crippen molar-refractivity contribution in [3.8, 4) is 11.8 Å². The third kappa shape index (κ3) is 3.43. The van der Waals surface area contributed by atoms with Crippen LogP contribution in [0.25, 0.3) is 5.69 Å². The molecule has 0 saturated heterocycles. The van der Waals surface area contributed by atoms with Crippen molar-refractivity contribution >= 4 is 11.8 Å². The summed E-state index contributed by atoms with van der Waals surface area (Å²) < 4.78 is 1.90. The molecule has 1 fully saturated rings. The highest BCUT2D eigenvalue weighted by molar-refractivity contribution is 7.99. The second kappa shape index (κ2) is 6.29. The van der Waals surface area contributed by atoms with E-state index >= 15 is 0 Å². The third-order valence-corrected chi connectivity index (χ3v) is 4.27. The molecule has 1 aromatic heterocycles. The smallest absolute Gasteiger partial charge is 0.209 e. The molecule has 0 spiro atoms. The van der Waals surface area contributed by atoms with E-state index in [0.717, 1.165) is 24.4 Å². The first-order chi connectivity index (χ1) is 10.3. The number of aliphatic hydroxyl groups excluding tert-OH is 1. The summed E-state index contributed by atoms with van der Waals surface area (Å²) in [7, 11) is 0. The molecule has 0 radical (unpaired) electrons. The molecule has 0 amide bonds. The van der Waals surface area contributed by atoms with Gasteiger partial charge in [-0.15, -0.1) is 5.10 Å². The molecule has 1 heterocycles. The van der Waals surface area contributed by atoms with Crippen LogP contribution < -0.4 is 0 Å². The van der Waals surface area contributed by atoms with Crippen LogP contribution in [0.3, 0.4) is 0 Å². The molecule has 5 nitrogen and oxygen atoms in total. The summed E-state index contributed by atoms with van der Waals surface area (Å²) in [5, 5.41) is 23.4. The molecule has 1 N–H and O–H groups in total. The van der Waals surface area contributed by atoms with Crippen LogP contribution >= 0.6 is 11.8 Å². The van der Waals surface area contributed by atoms with E-state index in [9.17, 15) is 5.11 Å². The van der Waals surface area contributed by atoms with Gasteiger partial charge in [0.15, 0.2) is 0 Å². The van der Waals surface area contributed by atoms with Crippen molar-refractivity contribution in [3.63, 3.8) is 0 Å². The van der Waals surface area contributed by atoms with Crippen molar-refractivity contribution in [2.24, 2.45) is 0 Å². The Morgan fingerprint density at radius 3 is 2.81 bits per heavy atom. The zero-order valence-corrected chi connectivity index (χ0v) is 12.3. The molecule has 6 heteroatoms. The first kappa shape index (κ1) is 14.1. The highest BCUT2D eigenvalue weighted by atomic mass is 32.2. The Kier molecular flexibility index (Phi) is 4.23. The first-order valence-electron chi connectivity index (χ1n) is 6.98. The van der Waals surface area contributed by atoms with Gasteiger partial charge in [0, 0.05) is 11.7 Å². The van der Waals surface area contributed by atoms with E-state index in [0.29, 0.717) is 16.8 Å². The number of nitriles is 1. The minimum atomic E-state index is -0.631. The maximum atomic E-state index is 9.62. The Labute approximate surface area is 127 Å². The number of hydrogen-bond acceptors (Lipinski definition) is 5. The molecule has 1 aliphatic carbocycles. The Morgan fingerprint density at radius 2 is 2.14 bits per heavy atom. The molecule has 1 saturated carbocycles. The molecule has 1 aromatic carbocycles. The fraction of sp³-hybridized carbons (Fsp3) is 0.400. The minimum absolute atomic E-state index is 0.141. The number of benzene rings is 1. The Hall–Kier alpha value is -1.84. The average molecular weight is 300 g/mol. The lowest BCUT2D eigenvalue weighted by atomic mass is 10.3. The molecule has 0 aliphatic heterocycles. The summed E-state index contributed by atoms with van der Waals surface area (Å²) in [6, 6.07) is 11.9. The van der Waals surface area contributed by atoms with Crippen LogP contribution in [0.5, 0.6) is 0 Å². The van der Waals surface area contributed by atoms with E-state index in [2.05, 4.69) is 10.1 Å². The summed E-state index contributed by atoms with van der Waals surface area (Å²) >= 11 is 1.40. The number of rotatable bonds is 6. The van der Waals surface area contributed by atoms with Crippen LogP contribution in [-0.2, 0) is 0 Å². The molecule has 0 bridgehead atoms. The number of nitrogens with zero attached hydrogens (tertiary/aromatic N) is 4. The van der Waals surface area contributed by atoms with Crippen LogP contribution in [0.4, 0.5) is 0 Å². The highest BCUT2D eigenvalue weighted by Crippen LogP contribution is 2.40. The fourth-order valence-corrected chi connectivity index (χ4v) is 2.82. The van der Waals surface area contributed by atoms with Crippen molar-refractivity contribution in [2.75, 3.05) is 5.75 Å². The third-order valence-electron chi connectivity index (χ3n) is 3.29. The second-order valence-corrected chi connectivity index (χ2v) is 6.09. The quantitative estimate of drug-likeness (QED) is 0.830. The van der Waals surface area contributed by atoms with E-state index < -0.39 is 6.10 Å². The maximum absolute atomic E-state index is 9.62. The Bertz CT molecular complexity index is 645. The van der Waals surface area contributed by atoms with Gasteiger partial charge in [-0.05, 0) is 25.0 Å². The van der Waals surface area contributed by atoms with Gasteiger partial charge in [-0.2, -0.15) is 5.26 Å². The van der Waals surface area contributed by atoms with E-state index in [1.165, 1.54) is 11.8 Å². The van der Waals surface area contributed by atoms with Gasteiger partial charge in [-0.1, -0.05) is 30.0 Å². The molecule has 108 valence electrons. The zero-order chi connectivity index (χ0) is 14.7. The normalized spacial score (nSPS) is 15.6. The first-order valence-corrected chi connectivity index (χ1v) is 7.96. The lowest BCUT2D eigenvalue weighted by molar-refractivity contribution is 0.205. The number of para-hydroxylation sites is 1. The maximum Gasteiger partial charge on any atom is 0.209 e. The zero-order valence-electron chi connectivity index (χ0n) is 11.5. The summed E-state index contributed by atoms with van der Waals surface area (Å²) in [5.74, 6) is 1.94. The van der Waals surface area contributed by atoms with Crippen LogP contribution in [0.15, 0.2) is 35.5 Å². The molecule has 1 aliphatic rings. The summed E-state index contributed by atoms with van der Waals surface area (Å²) in [6.45, 7) is 0. The SMILES string of the molecule is N#CC[C@@H](O)CSc1nc(C2CC2)n(-c2ccccc2)n1. The number of hydrogen-bond donors (Lipinski definition) is 1.